The highest BCUT2D eigenvalue weighted by molar-refractivity contribution is 7.99. The van der Waals surface area contributed by atoms with E-state index in [-0.39, 0.29) is 0 Å². The number of rotatable bonds is 7. The molecule has 0 aromatic heterocycles. The SMILES string of the molecule is CSC1CCC(NCC(O)COc2c(C)cccc2C)C1. The van der Waals surface area contributed by atoms with E-state index in [2.05, 4.69) is 11.6 Å². The van der Waals surface area contributed by atoms with Gasteiger partial charge in [-0.2, -0.15) is 11.8 Å². The molecule has 1 aromatic carbocycles. The summed E-state index contributed by atoms with van der Waals surface area (Å²) in [5.74, 6) is 0.903. The molecular formula is C17H27NO2S. The van der Waals surface area contributed by atoms with Crippen molar-refractivity contribution in [2.75, 3.05) is 19.4 Å². The number of hydrogen-bond acceptors (Lipinski definition) is 4. The van der Waals surface area contributed by atoms with E-state index in [1.54, 1.807) is 0 Å². The molecule has 21 heavy (non-hydrogen) atoms. The van der Waals surface area contributed by atoms with Crippen molar-refractivity contribution in [3.8, 4) is 5.75 Å². The zero-order valence-electron chi connectivity index (χ0n) is 13.3. The standard InChI is InChI=1S/C17H27NO2S/c1-12-5-4-6-13(2)17(12)20-11-15(19)10-18-14-7-8-16(9-14)21-3/h4-6,14-16,18-19H,7-11H2,1-3H3. The molecule has 0 amide bonds. The Morgan fingerprint density at radius 2 is 2.05 bits per heavy atom. The normalized spacial score (nSPS) is 23.2. The van der Waals surface area contributed by atoms with E-state index in [1.165, 1.54) is 19.3 Å². The largest absolute Gasteiger partial charge is 0.490 e. The minimum Gasteiger partial charge on any atom is -0.490 e. The molecule has 0 saturated heterocycles. The van der Waals surface area contributed by atoms with Crippen LogP contribution in [0.5, 0.6) is 5.75 Å². The molecule has 1 aliphatic rings. The predicted octanol–water partition coefficient (Wildman–Crippen LogP) is 2.92. The zero-order valence-corrected chi connectivity index (χ0v) is 14.1. The maximum Gasteiger partial charge on any atom is 0.125 e. The average molecular weight is 309 g/mol. The van der Waals surface area contributed by atoms with E-state index >= 15 is 0 Å². The third-order valence-electron chi connectivity index (χ3n) is 4.19. The third kappa shape index (κ3) is 4.90. The second kappa shape index (κ2) is 8.06. The van der Waals surface area contributed by atoms with Gasteiger partial charge in [0, 0.05) is 17.8 Å². The summed E-state index contributed by atoms with van der Waals surface area (Å²) in [6.07, 6.45) is 5.44. The van der Waals surface area contributed by atoms with Crippen molar-refractivity contribution < 1.29 is 9.84 Å². The first kappa shape index (κ1) is 16.7. The van der Waals surface area contributed by atoms with Crippen LogP contribution in [0.1, 0.15) is 30.4 Å². The highest BCUT2D eigenvalue weighted by Crippen LogP contribution is 2.28. The zero-order chi connectivity index (χ0) is 15.2. The van der Waals surface area contributed by atoms with Gasteiger partial charge in [0.15, 0.2) is 0 Å². The lowest BCUT2D eigenvalue weighted by Gasteiger charge is -2.18. The lowest BCUT2D eigenvalue weighted by molar-refractivity contribution is 0.103. The van der Waals surface area contributed by atoms with Gasteiger partial charge < -0.3 is 15.2 Å². The number of aliphatic hydroxyl groups excluding tert-OH is 1. The van der Waals surface area contributed by atoms with Crippen LogP contribution in [0, 0.1) is 13.8 Å². The Kier molecular flexibility index (Phi) is 6.40. The van der Waals surface area contributed by atoms with Gasteiger partial charge >= 0.3 is 0 Å². The molecular weight excluding hydrogens is 282 g/mol. The van der Waals surface area contributed by atoms with E-state index in [4.69, 9.17) is 4.74 Å². The van der Waals surface area contributed by atoms with E-state index in [1.807, 2.05) is 43.8 Å². The minimum atomic E-state index is -0.461. The van der Waals surface area contributed by atoms with Crippen molar-refractivity contribution in [1.82, 2.24) is 5.32 Å². The van der Waals surface area contributed by atoms with E-state index < -0.39 is 6.10 Å². The molecule has 1 saturated carbocycles. The van der Waals surface area contributed by atoms with Crippen LogP contribution in [-0.4, -0.2) is 41.9 Å². The molecule has 0 spiro atoms. The molecule has 2 rings (SSSR count). The monoisotopic (exact) mass is 309 g/mol. The lowest BCUT2D eigenvalue weighted by atomic mass is 10.1. The quantitative estimate of drug-likeness (QED) is 0.812. The fourth-order valence-electron chi connectivity index (χ4n) is 2.91. The Labute approximate surface area is 132 Å². The number of aryl methyl sites for hydroxylation is 2. The van der Waals surface area contributed by atoms with E-state index in [0.29, 0.717) is 19.2 Å². The van der Waals surface area contributed by atoms with Gasteiger partial charge in [-0.3, -0.25) is 0 Å². The van der Waals surface area contributed by atoms with Crippen LogP contribution >= 0.6 is 11.8 Å². The Morgan fingerprint density at radius 3 is 2.67 bits per heavy atom. The fraction of sp³-hybridized carbons (Fsp3) is 0.647. The molecule has 2 N–H and O–H groups in total. The second-order valence-electron chi connectivity index (χ2n) is 5.96. The fourth-order valence-corrected chi connectivity index (χ4v) is 3.70. The average Bonchev–Trinajstić information content (AvgIpc) is 2.92. The summed E-state index contributed by atoms with van der Waals surface area (Å²) in [6, 6.07) is 6.65. The first-order valence-corrected chi connectivity index (χ1v) is 9.02. The smallest absolute Gasteiger partial charge is 0.125 e. The summed E-state index contributed by atoms with van der Waals surface area (Å²) in [6.45, 7) is 5.02. The topological polar surface area (TPSA) is 41.5 Å². The van der Waals surface area contributed by atoms with Crippen molar-refractivity contribution in [2.45, 2.75) is 50.5 Å². The lowest BCUT2D eigenvalue weighted by Crippen LogP contribution is -2.37. The Bertz CT molecular complexity index is 432. The van der Waals surface area contributed by atoms with E-state index in [0.717, 1.165) is 22.1 Å². The van der Waals surface area contributed by atoms with Crippen molar-refractivity contribution in [2.24, 2.45) is 0 Å². The first-order valence-electron chi connectivity index (χ1n) is 7.73. The van der Waals surface area contributed by atoms with E-state index in [9.17, 15) is 5.11 Å². The van der Waals surface area contributed by atoms with Crippen LogP contribution in [0.3, 0.4) is 0 Å². The summed E-state index contributed by atoms with van der Waals surface area (Å²) in [4.78, 5) is 0. The number of para-hydroxylation sites is 1. The molecule has 3 nitrogen and oxygen atoms in total. The minimum absolute atomic E-state index is 0.345. The van der Waals surface area contributed by atoms with Crippen molar-refractivity contribution in [1.29, 1.82) is 0 Å². The summed E-state index contributed by atoms with van der Waals surface area (Å²) in [5, 5.41) is 14.3. The molecule has 4 heteroatoms. The van der Waals surface area contributed by atoms with Crippen LogP contribution in [0.2, 0.25) is 0 Å². The molecule has 1 aliphatic carbocycles. The molecule has 1 aromatic rings. The first-order chi connectivity index (χ1) is 10.1. The number of hydrogen-bond donors (Lipinski definition) is 2. The van der Waals surface area contributed by atoms with Crippen molar-refractivity contribution >= 4 is 11.8 Å². The van der Waals surface area contributed by atoms with Crippen molar-refractivity contribution in [3.05, 3.63) is 29.3 Å². The molecule has 3 atom stereocenters. The van der Waals surface area contributed by atoms with Crippen LogP contribution in [0.15, 0.2) is 18.2 Å². The molecule has 118 valence electrons. The molecule has 3 unspecified atom stereocenters. The van der Waals surface area contributed by atoms with Crippen molar-refractivity contribution in [3.63, 3.8) is 0 Å². The predicted molar refractivity (Wildman–Crippen MR) is 90.4 cm³/mol. The molecule has 0 aliphatic heterocycles. The van der Waals surface area contributed by atoms with Gasteiger partial charge in [0.05, 0.1) is 0 Å². The number of aliphatic hydroxyl groups is 1. The van der Waals surface area contributed by atoms with Crippen LogP contribution in [-0.2, 0) is 0 Å². The number of nitrogens with one attached hydrogen (secondary N) is 1. The summed E-state index contributed by atoms with van der Waals surface area (Å²) < 4.78 is 5.79. The molecule has 0 bridgehead atoms. The second-order valence-corrected chi connectivity index (χ2v) is 7.10. The summed E-state index contributed by atoms with van der Waals surface area (Å²) >= 11 is 1.95. The highest BCUT2D eigenvalue weighted by atomic mass is 32.2. The van der Waals surface area contributed by atoms with Crippen LogP contribution in [0.25, 0.3) is 0 Å². The molecule has 0 heterocycles. The van der Waals surface area contributed by atoms with Gasteiger partial charge in [-0.25, -0.2) is 0 Å². The molecule has 1 fully saturated rings. The van der Waals surface area contributed by atoms with Crippen LogP contribution < -0.4 is 10.1 Å². The van der Waals surface area contributed by atoms with Gasteiger partial charge in [-0.05, 0) is 50.5 Å². The molecule has 0 radical (unpaired) electrons. The number of ether oxygens (including phenoxy) is 1. The summed E-state index contributed by atoms with van der Waals surface area (Å²) in [5.41, 5.74) is 2.24. The third-order valence-corrected chi connectivity index (χ3v) is 5.28. The van der Waals surface area contributed by atoms with Crippen LogP contribution in [0.4, 0.5) is 0 Å². The number of thioether (sulfide) groups is 1. The summed E-state index contributed by atoms with van der Waals surface area (Å²) in [7, 11) is 0. The van der Waals surface area contributed by atoms with Gasteiger partial charge in [0.2, 0.25) is 0 Å². The Hall–Kier alpha value is -0.710. The highest BCUT2D eigenvalue weighted by Gasteiger charge is 2.23. The van der Waals surface area contributed by atoms with Gasteiger partial charge in [-0.1, -0.05) is 18.2 Å². The Morgan fingerprint density at radius 1 is 1.33 bits per heavy atom. The van der Waals surface area contributed by atoms with Gasteiger partial charge in [0.25, 0.3) is 0 Å². The van der Waals surface area contributed by atoms with Gasteiger partial charge in [0.1, 0.15) is 18.5 Å². The maximum absolute atomic E-state index is 10.1. The Balaban J connectivity index is 1.71. The maximum atomic E-state index is 10.1. The van der Waals surface area contributed by atoms with Gasteiger partial charge in [-0.15, -0.1) is 0 Å². The number of benzene rings is 1.